The van der Waals surface area contributed by atoms with E-state index in [9.17, 15) is 10.1 Å². The minimum atomic E-state index is -0.505. The summed E-state index contributed by atoms with van der Waals surface area (Å²) in [5.41, 5.74) is 1.94. The van der Waals surface area contributed by atoms with Crippen LogP contribution in [0.4, 0.5) is 5.69 Å². The maximum Gasteiger partial charge on any atom is 0.266 e. The van der Waals surface area contributed by atoms with E-state index in [2.05, 4.69) is 5.32 Å². The third-order valence-electron chi connectivity index (χ3n) is 3.76. The summed E-state index contributed by atoms with van der Waals surface area (Å²) in [4.78, 5) is 12.5. The Hall–Kier alpha value is -2.97. The molecule has 1 amide bonds. The molecule has 0 saturated heterocycles. The van der Waals surface area contributed by atoms with Crippen molar-refractivity contribution in [3.63, 3.8) is 0 Å². The van der Waals surface area contributed by atoms with E-state index in [0.717, 1.165) is 5.56 Å². The van der Waals surface area contributed by atoms with Gasteiger partial charge >= 0.3 is 0 Å². The molecule has 2 aromatic carbocycles. The van der Waals surface area contributed by atoms with Crippen LogP contribution in [-0.4, -0.2) is 19.1 Å². The quantitative estimate of drug-likeness (QED) is 0.539. The van der Waals surface area contributed by atoms with Crippen molar-refractivity contribution in [1.29, 1.82) is 5.26 Å². The SMILES string of the molecule is CCOc1ccc(/C=C(\C#N)C(=O)Nc2cccc(Cl)c2C)cc1OCC. The summed E-state index contributed by atoms with van der Waals surface area (Å²) in [5.74, 6) is 0.681. The summed E-state index contributed by atoms with van der Waals surface area (Å²) in [6, 6.07) is 12.4. The third kappa shape index (κ3) is 5.25. The second-order valence-electron chi connectivity index (χ2n) is 5.61. The highest BCUT2D eigenvalue weighted by atomic mass is 35.5. The van der Waals surface area contributed by atoms with Gasteiger partial charge in [-0.3, -0.25) is 4.79 Å². The summed E-state index contributed by atoms with van der Waals surface area (Å²) in [7, 11) is 0. The average Bonchev–Trinajstić information content (AvgIpc) is 2.65. The van der Waals surface area contributed by atoms with Gasteiger partial charge in [0.2, 0.25) is 0 Å². The van der Waals surface area contributed by atoms with Crippen LogP contribution >= 0.6 is 11.6 Å². The molecule has 0 unspecified atom stereocenters. The van der Waals surface area contributed by atoms with Crippen LogP contribution in [0.25, 0.3) is 6.08 Å². The van der Waals surface area contributed by atoms with Gasteiger partial charge in [-0.1, -0.05) is 23.7 Å². The van der Waals surface area contributed by atoms with E-state index in [1.54, 1.807) is 43.3 Å². The highest BCUT2D eigenvalue weighted by Gasteiger charge is 2.13. The number of hydrogen-bond donors (Lipinski definition) is 1. The number of rotatable bonds is 7. The number of nitrogens with one attached hydrogen (secondary N) is 1. The topological polar surface area (TPSA) is 71.3 Å². The zero-order valence-electron chi connectivity index (χ0n) is 15.5. The number of nitrogens with zero attached hydrogens (tertiary/aromatic N) is 1. The second kappa shape index (κ2) is 9.65. The first-order valence-electron chi connectivity index (χ1n) is 8.58. The van der Waals surface area contributed by atoms with Crippen molar-refractivity contribution in [2.24, 2.45) is 0 Å². The van der Waals surface area contributed by atoms with Gasteiger partial charge in [0, 0.05) is 10.7 Å². The molecule has 0 aliphatic carbocycles. The Balaban J connectivity index is 2.29. The van der Waals surface area contributed by atoms with Crippen LogP contribution in [0.3, 0.4) is 0 Å². The largest absolute Gasteiger partial charge is 0.490 e. The Morgan fingerprint density at radius 1 is 1.19 bits per heavy atom. The highest BCUT2D eigenvalue weighted by molar-refractivity contribution is 6.31. The van der Waals surface area contributed by atoms with E-state index in [-0.39, 0.29) is 5.57 Å². The first-order chi connectivity index (χ1) is 13.0. The van der Waals surface area contributed by atoms with E-state index in [1.165, 1.54) is 6.08 Å². The number of ether oxygens (including phenoxy) is 2. The zero-order valence-corrected chi connectivity index (χ0v) is 16.3. The number of benzene rings is 2. The molecule has 0 atom stereocenters. The molecule has 2 aromatic rings. The van der Waals surface area contributed by atoms with Crippen molar-refractivity contribution >= 4 is 29.3 Å². The molecule has 140 valence electrons. The lowest BCUT2D eigenvalue weighted by molar-refractivity contribution is -0.112. The molecule has 27 heavy (non-hydrogen) atoms. The minimum absolute atomic E-state index is 0.0269. The molecule has 0 spiro atoms. The predicted octanol–water partition coefficient (Wildman–Crippen LogP) is 4.99. The van der Waals surface area contributed by atoms with Gasteiger partial charge in [0.1, 0.15) is 11.6 Å². The van der Waals surface area contributed by atoms with Crippen LogP contribution in [0.15, 0.2) is 42.0 Å². The van der Waals surface area contributed by atoms with Gasteiger partial charge < -0.3 is 14.8 Å². The van der Waals surface area contributed by atoms with E-state index in [4.69, 9.17) is 21.1 Å². The van der Waals surface area contributed by atoms with Crippen LogP contribution in [0.1, 0.15) is 25.0 Å². The zero-order chi connectivity index (χ0) is 19.8. The van der Waals surface area contributed by atoms with Gasteiger partial charge in [0.15, 0.2) is 11.5 Å². The number of hydrogen-bond acceptors (Lipinski definition) is 4. The summed E-state index contributed by atoms with van der Waals surface area (Å²) in [6.45, 7) is 6.56. The Morgan fingerprint density at radius 2 is 1.89 bits per heavy atom. The van der Waals surface area contributed by atoms with Crippen molar-refractivity contribution < 1.29 is 14.3 Å². The molecule has 0 bridgehead atoms. The lowest BCUT2D eigenvalue weighted by atomic mass is 10.1. The van der Waals surface area contributed by atoms with Crippen molar-refractivity contribution in [3.8, 4) is 17.6 Å². The fourth-order valence-corrected chi connectivity index (χ4v) is 2.58. The summed E-state index contributed by atoms with van der Waals surface area (Å²) >= 11 is 6.07. The fraction of sp³-hybridized carbons (Fsp3) is 0.238. The molecule has 2 rings (SSSR count). The van der Waals surface area contributed by atoms with Crippen molar-refractivity contribution in [2.75, 3.05) is 18.5 Å². The van der Waals surface area contributed by atoms with Gasteiger partial charge in [0.05, 0.1) is 13.2 Å². The summed E-state index contributed by atoms with van der Waals surface area (Å²) in [5, 5.41) is 12.7. The molecule has 1 N–H and O–H groups in total. The summed E-state index contributed by atoms with van der Waals surface area (Å²) < 4.78 is 11.1. The maximum atomic E-state index is 12.5. The van der Waals surface area contributed by atoms with Crippen molar-refractivity contribution in [1.82, 2.24) is 0 Å². The van der Waals surface area contributed by atoms with Gasteiger partial charge in [-0.2, -0.15) is 5.26 Å². The molecule has 0 aliphatic rings. The first kappa shape index (κ1) is 20.3. The molecule has 0 aromatic heterocycles. The molecule has 0 aliphatic heterocycles. The number of carbonyl (C=O) groups excluding carboxylic acids is 1. The van der Waals surface area contributed by atoms with Crippen molar-refractivity contribution in [3.05, 3.63) is 58.1 Å². The van der Waals surface area contributed by atoms with E-state index >= 15 is 0 Å². The van der Waals surface area contributed by atoms with Crippen LogP contribution in [0, 0.1) is 18.3 Å². The van der Waals surface area contributed by atoms with Crippen molar-refractivity contribution in [2.45, 2.75) is 20.8 Å². The highest BCUT2D eigenvalue weighted by Crippen LogP contribution is 2.29. The third-order valence-corrected chi connectivity index (χ3v) is 4.17. The van der Waals surface area contributed by atoms with Gasteiger partial charge in [-0.15, -0.1) is 0 Å². The monoisotopic (exact) mass is 384 g/mol. The molecule has 0 heterocycles. The van der Waals surface area contributed by atoms with Crippen LogP contribution in [0.5, 0.6) is 11.5 Å². The van der Waals surface area contributed by atoms with E-state index in [1.807, 2.05) is 19.9 Å². The number of anilines is 1. The number of amides is 1. The number of halogens is 1. The lowest BCUT2D eigenvalue weighted by Gasteiger charge is -2.12. The van der Waals surface area contributed by atoms with Crippen LogP contribution in [0.2, 0.25) is 5.02 Å². The molecule has 6 heteroatoms. The molecular formula is C21H21ClN2O3. The maximum absolute atomic E-state index is 12.5. The standard InChI is InChI=1S/C21H21ClN2O3/c1-4-26-19-10-9-15(12-20(19)27-5-2)11-16(13-23)21(25)24-18-8-6-7-17(22)14(18)3/h6-12H,4-5H2,1-3H3,(H,24,25)/b16-11+. The molecule has 0 radical (unpaired) electrons. The molecular weight excluding hydrogens is 364 g/mol. The Kier molecular flexibility index (Phi) is 7.27. The molecule has 0 saturated carbocycles. The summed E-state index contributed by atoms with van der Waals surface area (Å²) in [6.07, 6.45) is 1.51. The van der Waals surface area contributed by atoms with Crippen LogP contribution < -0.4 is 14.8 Å². The molecule has 0 fully saturated rings. The smallest absolute Gasteiger partial charge is 0.266 e. The average molecular weight is 385 g/mol. The van der Waals surface area contributed by atoms with Gasteiger partial charge in [0.25, 0.3) is 5.91 Å². The fourth-order valence-electron chi connectivity index (χ4n) is 2.41. The Labute approximate surface area is 164 Å². The number of carbonyl (C=O) groups is 1. The lowest BCUT2D eigenvalue weighted by Crippen LogP contribution is -2.14. The Bertz CT molecular complexity index is 901. The van der Waals surface area contributed by atoms with E-state index in [0.29, 0.717) is 41.0 Å². The van der Waals surface area contributed by atoms with Gasteiger partial charge in [-0.25, -0.2) is 0 Å². The first-order valence-corrected chi connectivity index (χ1v) is 8.95. The second-order valence-corrected chi connectivity index (χ2v) is 6.02. The van der Waals surface area contributed by atoms with Crippen LogP contribution in [-0.2, 0) is 4.79 Å². The van der Waals surface area contributed by atoms with Gasteiger partial charge in [-0.05, 0) is 62.2 Å². The normalized spacial score (nSPS) is 10.9. The van der Waals surface area contributed by atoms with E-state index < -0.39 is 5.91 Å². The Morgan fingerprint density at radius 3 is 2.56 bits per heavy atom. The number of nitriles is 1. The predicted molar refractivity (Wildman–Crippen MR) is 107 cm³/mol. The minimum Gasteiger partial charge on any atom is -0.490 e. The molecule has 5 nitrogen and oxygen atoms in total.